The number of anilines is 1. The maximum atomic E-state index is 13.5. The van der Waals surface area contributed by atoms with Gasteiger partial charge in [-0.2, -0.15) is 0 Å². The van der Waals surface area contributed by atoms with Crippen LogP contribution >= 0.6 is 0 Å². The normalized spacial score (nSPS) is 17.1. The van der Waals surface area contributed by atoms with Crippen LogP contribution in [0.15, 0.2) is 41.5 Å². The second-order valence-corrected chi connectivity index (χ2v) is 7.68. The Morgan fingerprint density at radius 1 is 1.03 bits per heavy atom. The van der Waals surface area contributed by atoms with E-state index < -0.39 is 5.82 Å². The Labute approximate surface area is 173 Å². The van der Waals surface area contributed by atoms with Gasteiger partial charge in [0.05, 0.1) is 17.8 Å². The van der Waals surface area contributed by atoms with Gasteiger partial charge in [-0.1, -0.05) is 25.0 Å². The Hall–Kier alpha value is -2.87. The highest BCUT2D eigenvalue weighted by atomic mass is 19.1. The van der Waals surface area contributed by atoms with Gasteiger partial charge in [-0.3, -0.25) is 4.79 Å². The average Bonchev–Trinajstić information content (AvgIpc) is 3.30. The van der Waals surface area contributed by atoms with E-state index in [0.717, 1.165) is 44.7 Å². The largest absolute Gasteiger partial charge is 0.338 e. The van der Waals surface area contributed by atoms with Crippen LogP contribution in [0.4, 0.5) is 14.7 Å². The average molecular weight is 413 g/mol. The van der Waals surface area contributed by atoms with Crippen molar-refractivity contribution in [2.45, 2.75) is 31.6 Å². The van der Waals surface area contributed by atoms with E-state index in [1.807, 2.05) is 11.0 Å². The second-order valence-electron chi connectivity index (χ2n) is 7.68. The van der Waals surface area contributed by atoms with Crippen LogP contribution in [0.2, 0.25) is 0 Å². The van der Waals surface area contributed by atoms with E-state index >= 15 is 0 Å². The molecular formula is C22H25F2N5O. The summed E-state index contributed by atoms with van der Waals surface area (Å²) in [4.78, 5) is 24.6. The number of aromatic nitrogens is 3. The van der Waals surface area contributed by atoms with Gasteiger partial charge in [0.15, 0.2) is 5.82 Å². The second kappa shape index (κ2) is 9.30. The van der Waals surface area contributed by atoms with Crippen molar-refractivity contribution in [1.82, 2.24) is 20.3 Å². The quantitative estimate of drug-likeness (QED) is 0.674. The molecular weight excluding hydrogens is 388 g/mol. The first kappa shape index (κ1) is 20.4. The van der Waals surface area contributed by atoms with Gasteiger partial charge in [-0.05, 0) is 36.3 Å². The minimum atomic E-state index is -0.443. The summed E-state index contributed by atoms with van der Waals surface area (Å²) in [6, 6.07) is 6.70. The zero-order valence-electron chi connectivity index (χ0n) is 16.7. The highest BCUT2D eigenvalue weighted by molar-refractivity contribution is 5.82. The van der Waals surface area contributed by atoms with Crippen LogP contribution in [0, 0.1) is 11.6 Å². The molecule has 1 saturated heterocycles. The number of nitrogens with zero attached hydrogens (tertiary/aromatic N) is 3. The summed E-state index contributed by atoms with van der Waals surface area (Å²) >= 11 is 0. The van der Waals surface area contributed by atoms with Crippen LogP contribution in [-0.2, 0) is 0 Å². The molecule has 2 aliphatic rings. The molecule has 0 bridgehead atoms. The first-order valence-corrected chi connectivity index (χ1v) is 10.4. The van der Waals surface area contributed by atoms with Crippen LogP contribution in [0.5, 0.6) is 0 Å². The summed E-state index contributed by atoms with van der Waals surface area (Å²) in [6.45, 7) is 3.62. The zero-order valence-corrected chi connectivity index (χ0v) is 16.7. The number of hydrogen-bond donors (Lipinski definition) is 2. The highest BCUT2D eigenvalue weighted by Crippen LogP contribution is 2.33. The molecule has 1 aromatic carbocycles. The third-order valence-electron chi connectivity index (χ3n) is 5.64. The molecule has 0 unspecified atom stereocenters. The molecule has 30 heavy (non-hydrogen) atoms. The fourth-order valence-corrected chi connectivity index (χ4v) is 4.09. The monoisotopic (exact) mass is 413 g/mol. The van der Waals surface area contributed by atoms with Crippen molar-refractivity contribution in [3.05, 3.63) is 64.3 Å². The smallest absolute Gasteiger partial charge is 0.259 e. The Bertz CT molecular complexity index is 1040. The Morgan fingerprint density at radius 2 is 1.73 bits per heavy atom. The number of nitrogens with one attached hydrogen (secondary N) is 2. The van der Waals surface area contributed by atoms with Crippen molar-refractivity contribution in [3.63, 3.8) is 0 Å². The first-order chi connectivity index (χ1) is 14.6. The van der Waals surface area contributed by atoms with Crippen molar-refractivity contribution < 1.29 is 8.78 Å². The lowest BCUT2D eigenvalue weighted by molar-refractivity contribution is 0.572. The van der Waals surface area contributed by atoms with E-state index in [4.69, 9.17) is 0 Å². The molecule has 2 N–H and O–H groups in total. The molecule has 8 heteroatoms. The van der Waals surface area contributed by atoms with Crippen molar-refractivity contribution >= 4 is 16.7 Å². The third-order valence-corrected chi connectivity index (χ3v) is 5.64. The summed E-state index contributed by atoms with van der Waals surface area (Å²) in [5.41, 5.74) is 0.660. The van der Waals surface area contributed by atoms with E-state index in [9.17, 15) is 13.6 Å². The molecule has 158 valence electrons. The number of hydrogen-bond acceptors (Lipinski definition) is 5. The van der Waals surface area contributed by atoms with E-state index in [1.165, 1.54) is 31.3 Å². The lowest BCUT2D eigenvalue weighted by Crippen LogP contribution is -2.44. The number of fused-ring (bicyclic) bond motifs is 1. The van der Waals surface area contributed by atoms with E-state index in [-0.39, 0.29) is 16.8 Å². The van der Waals surface area contributed by atoms with Gasteiger partial charge in [-0.15, -0.1) is 0 Å². The summed E-state index contributed by atoms with van der Waals surface area (Å²) in [5, 5.41) is 4.10. The zero-order chi connectivity index (χ0) is 20.9. The van der Waals surface area contributed by atoms with Gasteiger partial charge in [0.1, 0.15) is 5.82 Å². The minimum Gasteiger partial charge on any atom is -0.338 e. The SMILES string of the molecule is Fc1cnc(N2CCNCC2)nc1.O=c1[nH]c(C2CCCC2)cc2cccc(F)c12. The molecule has 1 aliphatic heterocycles. The van der Waals surface area contributed by atoms with E-state index in [2.05, 4.69) is 20.3 Å². The third kappa shape index (κ3) is 4.64. The maximum Gasteiger partial charge on any atom is 0.259 e. The molecule has 0 amide bonds. The molecule has 5 rings (SSSR count). The minimum absolute atomic E-state index is 0.175. The van der Waals surface area contributed by atoms with E-state index in [1.54, 1.807) is 12.1 Å². The van der Waals surface area contributed by atoms with Crippen LogP contribution in [-0.4, -0.2) is 41.1 Å². The molecule has 1 saturated carbocycles. The van der Waals surface area contributed by atoms with Crippen molar-refractivity contribution in [2.24, 2.45) is 0 Å². The molecule has 2 aromatic heterocycles. The molecule has 6 nitrogen and oxygen atoms in total. The number of rotatable bonds is 2. The standard InChI is InChI=1S/C14H14FNO.C8H11FN4/c15-11-7-3-6-10-8-12(9-4-1-2-5-9)16-14(17)13(10)11;9-7-5-11-8(12-6-7)13-3-1-10-2-4-13/h3,6-9H,1-2,4-5H2,(H,16,17);5-6,10H,1-4H2. The predicted molar refractivity (Wildman–Crippen MR) is 113 cm³/mol. The van der Waals surface area contributed by atoms with Crippen LogP contribution in [0.3, 0.4) is 0 Å². The predicted octanol–water partition coefficient (Wildman–Crippen LogP) is 3.35. The van der Waals surface area contributed by atoms with Crippen LogP contribution in [0.25, 0.3) is 10.8 Å². The maximum absolute atomic E-state index is 13.5. The van der Waals surface area contributed by atoms with Crippen molar-refractivity contribution in [3.8, 4) is 0 Å². The highest BCUT2D eigenvalue weighted by Gasteiger charge is 2.19. The van der Waals surface area contributed by atoms with Gasteiger partial charge in [0, 0.05) is 31.9 Å². The number of aromatic amines is 1. The van der Waals surface area contributed by atoms with Gasteiger partial charge in [0.25, 0.3) is 5.56 Å². The molecule has 3 heterocycles. The van der Waals surface area contributed by atoms with Gasteiger partial charge in [-0.25, -0.2) is 18.7 Å². The molecule has 1 aliphatic carbocycles. The summed E-state index contributed by atoms with van der Waals surface area (Å²) in [5.74, 6) is 0.221. The lowest BCUT2D eigenvalue weighted by Gasteiger charge is -2.26. The first-order valence-electron chi connectivity index (χ1n) is 10.4. The Morgan fingerprint density at radius 3 is 2.43 bits per heavy atom. The summed E-state index contributed by atoms with van der Waals surface area (Å²) in [7, 11) is 0. The number of piperazine rings is 1. The Kier molecular flexibility index (Phi) is 6.32. The number of pyridine rings is 1. The van der Waals surface area contributed by atoms with Crippen LogP contribution < -0.4 is 15.8 Å². The number of benzene rings is 1. The van der Waals surface area contributed by atoms with Gasteiger partial charge >= 0.3 is 0 Å². The Balaban J connectivity index is 0.000000151. The number of H-pyrrole nitrogens is 1. The lowest BCUT2D eigenvalue weighted by atomic mass is 10.0. The summed E-state index contributed by atoms with van der Waals surface area (Å²) in [6.07, 6.45) is 7.07. The topological polar surface area (TPSA) is 73.9 Å². The van der Waals surface area contributed by atoms with Crippen molar-refractivity contribution in [2.75, 3.05) is 31.1 Å². The van der Waals surface area contributed by atoms with E-state index in [0.29, 0.717) is 17.3 Å². The molecule has 0 radical (unpaired) electrons. The van der Waals surface area contributed by atoms with Gasteiger partial charge < -0.3 is 15.2 Å². The fraction of sp³-hybridized carbons (Fsp3) is 0.409. The molecule has 3 aromatic rings. The van der Waals surface area contributed by atoms with Crippen LogP contribution in [0.1, 0.15) is 37.3 Å². The molecule has 2 fully saturated rings. The molecule has 0 atom stereocenters. The number of halogens is 2. The molecule has 0 spiro atoms. The summed E-state index contributed by atoms with van der Waals surface area (Å²) < 4.78 is 26.0. The fourth-order valence-electron chi connectivity index (χ4n) is 4.09. The van der Waals surface area contributed by atoms with Gasteiger partial charge in [0.2, 0.25) is 5.95 Å². The van der Waals surface area contributed by atoms with Crippen molar-refractivity contribution in [1.29, 1.82) is 0 Å².